The van der Waals surface area contributed by atoms with Gasteiger partial charge in [-0.2, -0.15) is 0 Å². The molecule has 0 aliphatic carbocycles. The molecule has 5 rings (SSSR count). The first kappa shape index (κ1) is 21.4. The van der Waals surface area contributed by atoms with E-state index in [2.05, 4.69) is 22.0 Å². The Bertz CT molecular complexity index is 1400. The van der Waals surface area contributed by atoms with Crippen molar-refractivity contribution in [2.75, 3.05) is 36.0 Å². The summed E-state index contributed by atoms with van der Waals surface area (Å²) in [7, 11) is -3.85. The average Bonchev–Trinajstić information content (AvgIpc) is 2.84. The molecule has 0 unspecified atom stereocenters. The number of para-hydroxylation sites is 1. The molecule has 0 amide bonds. The van der Waals surface area contributed by atoms with Gasteiger partial charge in [0.25, 0.3) is 0 Å². The fourth-order valence-electron chi connectivity index (χ4n) is 4.33. The molecule has 33 heavy (non-hydrogen) atoms. The van der Waals surface area contributed by atoms with E-state index in [0.717, 1.165) is 24.3 Å². The number of hydrogen-bond acceptors (Lipinski definition) is 5. The quantitative estimate of drug-likeness (QED) is 0.435. The molecule has 168 valence electrons. The maximum absolute atomic E-state index is 14.3. The largest absolute Gasteiger partial charge is 0.368 e. The summed E-state index contributed by atoms with van der Waals surface area (Å²) in [6.07, 6.45) is 1.41. The fourth-order valence-corrected chi connectivity index (χ4v) is 5.76. The van der Waals surface area contributed by atoms with E-state index in [-0.39, 0.29) is 9.79 Å². The maximum atomic E-state index is 14.3. The maximum Gasteiger partial charge on any atom is 0.210 e. The van der Waals surface area contributed by atoms with E-state index in [1.165, 1.54) is 18.3 Å². The highest BCUT2D eigenvalue weighted by atomic mass is 32.2. The Labute approximate surface area is 193 Å². The molecule has 2 heterocycles. The second kappa shape index (κ2) is 8.48. The van der Waals surface area contributed by atoms with Crippen LogP contribution in [-0.2, 0) is 9.84 Å². The van der Waals surface area contributed by atoms with Crippen molar-refractivity contribution in [2.45, 2.75) is 16.7 Å². The van der Waals surface area contributed by atoms with Gasteiger partial charge >= 0.3 is 0 Å². The summed E-state index contributed by atoms with van der Waals surface area (Å²) in [5.74, 6) is -0.418. The number of nitrogens with zero attached hydrogens (tertiary/aromatic N) is 3. The lowest BCUT2D eigenvalue weighted by atomic mass is 10.1. The van der Waals surface area contributed by atoms with Crippen molar-refractivity contribution in [1.29, 1.82) is 0 Å². The molecule has 3 aromatic carbocycles. The molecule has 7 heteroatoms. The zero-order chi connectivity index (χ0) is 23.0. The number of aryl methyl sites for hydroxylation is 1. The molecule has 0 bridgehead atoms. The molecule has 4 aromatic rings. The minimum Gasteiger partial charge on any atom is -0.368 e. The first-order valence-electron chi connectivity index (χ1n) is 10.9. The van der Waals surface area contributed by atoms with E-state index < -0.39 is 15.7 Å². The SMILES string of the molecule is Cc1ccc(S(=O)(=O)c2cnc3ccc(F)cc3c2N2CCN(c3ccccc3)CC2)cc1. The molecule has 0 N–H and O–H groups in total. The van der Waals surface area contributed by atoms with Crippen molar-refractivity contribution in [2.24, 2.45) is 0 Å². The van der Waals surface area contributed by atoms with Gasteiger partial charge in [-0.1, -0.05) is 35.9 Å². The lowest BCUT2D eigenvalue weighted by Crippen LogP contribution is -2.47. The standard InChI is InChI=1S/C26H24FN3O2S/c1-19-7-10-22(11-8-19)33(31,32)25-18-28-24-12-9-20(27)17-23(24)26(25)30-15-13-29(14-16-30)21-5-3-2-4-6-21/h2-12,17-18H,13-16H2,1H3. The van der Waals surface area contributed by atoms with Crippen molar-refractivity contribution in [3.63, 3.8) is 0 Å². The van der Waals surface area contributed by atoms with Gasteiger partial charge in [0.1, 0.15) is 10.7 Å². The van der Waals surface area contributed by atoms with Gasteiger partial charge in [0.15, 0.2) is 0 Å². The molecule has 1 fully saturated rings. The zero-order valence-corrected chi connectivity index (χ0v) is 19.1. The third-order valence-electron chi connectivity index (χ3n) is 6.11. The molecule has 0 atom stereocenters. The Kier molecular flexibility index (Phi) is 5.50. The van der Waals surface area contributed by atoms with Crippen molar-refractivity contribution in [3.8, 4) is 0 Å². The van der Waals surface area contributed by atoms with E-state index in [1.54, 1.807) is 30.3 Å². The highest BCUT2D eigenvalue weighted by Gasteiger charge is 2.29. The summed E-state index contributed by atoms with van der Waals surface area (Å²) in [5, 5.41) is 0.511. The molecule has 1 aromatic heterocycles. The Morgan fingerprint density at radius 1 is 0.848 bits per heavy atom. The number of halogens is 1. The smallest absolute Gasteiger partial charge is 0.210 e. The molecule has 1 aliphatic heterocycles. The van der Waals surface area contributed by atoms with Crippen LogP contribution in [0.3, 0.4) is 0 Å². The fraction of sp³-hybridized carbons (Fsp3) is 0.192. The first-order chi connectivity index (χ1) is 15.9. The Hall–Kier alpha value is -3.45. The van der Waals surface area contributed by atoms with Crippen LogP contribution in [0.4, 0.5) is 15.8 Å². The average molecular weight is 462 g/mol. The van der Waals surface area contributed by atoms with Crippen molar-refractivity contribution in [1.82, 2.24) is 4.98 Å². The van der Waals surface area contributed by atoms with Crippen LogP contribution in [-0.4, -0.2) is 39.6 Å². The van der Waals surface area contributed by atoms with E-state index in [1.807, 2.05) is 30.0 Å². The molecule has 1 saturated heterocycles. The third kappa shape index (κ3) is 4.04. The van der Waals surface area contributed by atoms with Crippen LogP contribution in [0.2, 0.25) is 0 Å². The second-order valence-corrected chi connectivity index (χ2v) is 10.2. The number of aromatic nitrogens is 1. The number of piperazine rings is 1. The van der Waals surface area contributed by atoms with Gasteiger partial charge in [-0.15, -0.1) is 0 Å². The van der Waals surface area contributed by atoms with Gasteiger partial charge in [-0.05, 0) is 49.4 Å². The molecule has 0 saturated carbocycles. The van der Waals surface area contributed by atoms with Crippen LogP contribution in [0.5, 0.6) is 0 Å². The first-order valence-corrected chi connectivity index (χ1v) is 12.4. The minimum absolute atomic E-state index is 0.109. The van der Waals surface area contributed by atoms with Gasteiger partial charge in [-0.3, -0.25) is 4.98 Å². The minimum atomic E-state index is -3.85. The molecular formula is C26H24FN3O2S. The van der Waals surface area contributed by atoms with Gasteiger partial charge in [0, 0.05) is 43.4 Å². The monoisotopic (exact) mass is 461 g/mol. The van der Waals surface area contributed by atoms with Crippen molar-refractivity contribution in [3.05, 3.63) is 90.4 Å². The Balaban J connectivity index is 1.60. The van der Waals surface area contributed by atoms with Crippen LogP contribution in [0.1, 0.15) is 5.56 Å². The van der Waals surface area contributed by atoms with Crippen LogP contribution < -0.4 is 9.80 Å². The molecule has 0 spiro atoms. The van der Waals surface area contributed by atoms with Gasteiger partial charge in [-0.25, -0.2) is 12.8 Å². The van der Waals surface area contributed by atoms with E-state index in [9.17, 15) is 12.8 Å². The topological polar surface area (TPSA) is 53.5 Å². The second-order valence-electron chi connectivity index (χ2n) is 8.26. The van der Waals surface area contributed by atoms with Gasteiger partial charge < -0.3 is 9.80 Å². The van der Waals surface area contributed by atoms with E-state index >= 15 is 0 Å². The van der Waals surface area contributed by atoms with Crippen molar-refractivity contribution >= 4 is 32.1 Å². The highest BCUT2D eigenvalue weighted by molar-refractivity contribution is 7.91. The third-order valence-corrected chi connectivity index (χ3v) is 7.88. The van der Waals surface area contributed by atoms with Crippen LogP contribution >= 0.6 is 0 Å². The summed E-state index contributed by atoms with van der Waals surface area (Å²) < 4.78 is 41.6. The summed E-state index contributed by atoms with van der Waals surface area (Å²) >= 11 is 0. The normalized spacial score (nSPS) is 14.6. The van der Waals surface area contributed by atoms with Gasteiger partial charge in [0.05, 0.1) is 16.1 Å². The number of benzene rings is 3. The van der Waals surface area contributed by atoms with Crippen LogP contribution in [0, 0.1) is 12.7 Å². The number of anilines is 2. The summed E-state index contributed by atoms with van der Waals surface area (Å²) in [6.45, 7) is 4.59. The van der Waals surface area contributed by atoms with Crippen molar-refractivity contribution < 1.29 is 12.8 Å². The highest BCUT2D eigenvalue weighted by Crippen LogP contribution is 2.37. The molecule has 1 aliphatic rings. The predicted molar refractivity (Wildman–Crippen MR) is 129 cm³/mol. The molecular weight excluding hydrogens is 437 g/mol. The lowest BCUT2D eigenvalue weighted by Gasteiger charge is -2.38. The van der Waals surface area contributed by atoms with Crippen LogP contribution in [0.15, 0.2) is 88.8 Å². The number of pyridine rings is 1. The summed E-state index contributed by atoms with van der Waals surface area (Å²) in [5.41, 5.74) is 3.20. The summed E-state index contributed by atoms with van der Waals surface area (Å²) in [6, 6.07) is 21.2. The Morgan fingerprint density at radius 3 is 2.21 bits per heavy atom. The Morgan fingerprint density at radius 2 is 1.52 bits per heavy atom. The molecule has 0 radical (unpaired) electrons. The summed E-state index contributed by atoms with van der Waals surface area (Å²) in [4.78, 5) is 9.00. The predicted octanol–water partition coefficient (Wildman–Crippen LogP) is 4.84. The number of fused-ring (bicyclic) bond motifs is 1. The number of hydrogen-bond donors (Lipinski definition) is 0. The number of rotatable bonds is 4. The van der Waals surface area contributed by atoms with Gasteiger partial charge in [0.2, 0.25) is 9.84 Å². The zero-order valence-electron chi connectivity index (χ0n) is 18.3. The molecule has 5 nitrogen and oxygen atoms in total. The lowest BCUT2D eigenvalue weighted by molar-refractivity contribution is 0.593. The van der Waals surface area contributed by atoms with E-state index in [0.29, 0.717) is 29.7 Å². The van der Waals surface area contributed by atoms with Crippen LogP contribution in [0.25, 0.3) is 10.9 Å². The van der Waals surface area contributed by atoms with E-state index in [4.69, 9.17) is 0 Å². The number of sulfone groups is 1.